The SMILES string of the molecule is NCC(=O)N(CCCNCCN1C(=O)c2cccc3cc(N4CCOCC4)cc(c23)C1=O)CCN1C(=O)c2cccc3cc(N4CCOCC4)cc(c23)C1=O. The Morgan fingerprint density at radius 1 is 0.636 bits per heavy atom. The zero-order chi connectivity index (χ0) is 38.1. The molecule has 2 saturated heterocycles. The maximum atomic E-state index is 13.9. The average molecular weight is 748 g/mol. The number of imide groups is 2. The Bertz CT molecular complexity index is 2180. The summed E-state index contributed by atoms with van der Waals surface area (Å²) in [6.45, 7) is 6.68. The fourth-order valence-electron chi connectivity index (χ4n) is 8.12. The highest BCUT2D eigenvalue weighted by atomic mass is 16.5. The highest BCUT2D eigenvalue weighted by molar-refractivity contribution is 6.27. The number of ether oxygens (including phenoxy) is 2. The largest absolute Gasteiger partial charge is 0.378 e. The highest BCUT2D eigenvalue weighted by Gasteiger charge is 2.35. The van der Waals surface area contributed by atoms with Gasteiger partial charge < -0.3 is 35.2 Å². The van der Waals surface area contributed by atoms with Crippen molar-refractivity contribution in [2.45, 2.75) is 6.42 Å². The number of hydrogen-bond donors (Lipinski definition) is 2. The van der Waals surface area contributed by atoms with Crippen LogP contribution < -0.4 is 20.9 Å². The molecule has 0 bridgehead atoms. The molecular formula is C41H45N7O7. The van der Waals surface area contributed by atoms with E-state index >= 15 is 0 Å². The summed E-state index contributed by atoms with van der Waals surface area (Å²) in [6.07, 6.45) is 0.547. The number of nitrogens with two attached hydrogens (primary N) is 1. The van der Waals surface area contributed by atoms with Crippen molar-refractivity contribution in [1.29, 1.82) is 0 Å². The lowest BCUT2D eigenvalue weighted by Crippen LogP contribution is -2.47. The van der Waals surface area contributed by atoms with Gasteiger partial charge in [0, 0.05) is 92.2 Å². The molecule has 0 radical (unpaired) electrons. The first-order chi connectivity index (χ1) is 26.8. The van der Waals surface area contributed by atoms with Gasteiger partial charge in [-0.05, 0) is 60.1 Å². The van der Waals surface area contributed by atoms with E-state index in [2.05, 4.69) is 15.1 Å². The van der Waals surface area contributed by atoms with Gasteiger partial charge in [-0.2, -0.15) is 0 Å². The number of hydrogen-bond acceptors (Lipinski definition) is 11. The summed E-state index contributed by atoms with van der Waals surface area (Å²) < 4.78 is 11.0. The summed E-state index contributed by atoms with van der Waals surface area (Å²) in [4.78, 5) is 76.2. The van der Waals surface area contributed by atoms with Gasteiger partial charge in [-0.1, -0.05) is 24.3 Å². The van der Waals surface area contributed by atoms with Gasteiger partial charge in [0.15, 0.2) is 0 Å². The van der Waals surface area contributed by atoms with Gasteiger partial charge in [0.2, 0.25) is 5.91 Å². The maximum Gasteiger partial charge on any atom is 0.261 e. The smallest absolute Gasteiger partial charge is 0.261 e. The number of rotatable bonds is 13. The third-order valence-corrected chi connectivity index (χ3v) is 11.0. The van der Waals surface area contributed by atoms with E-state index in [1.54, 1.807) is 17.0 Å². The molecule has 8 rings (SSSR count). The van der Waals surface area contributed by atoms with Crippen molar-refractivity contribution in [3.8, 4) is 0 Å². The van der Waals surface area contributed by atoms with Crippen LogP contribution in [0.1, 0.15) is 47.9 Å². The second kappa shape index (κ2) is 15.7. The topological polar surface area (TPSA) is 158 Å². The average Bonchev–Trinajstić information content (AvgIpc) is 3.23. The molecular weight excluding hydrogens is 702 g/mol. The monoisotopic (exact) mass is 747 g/mol. The van der Waals surface area contributed by atoms with Gasteiger partial charge >= 0.3 is 0 Å². The molecule has 4 aromatic rings. The third-order valence-electron chi connectivity index (χ3n) is 11.0. The van der Waals surface area contributed by atoms with Gasteiger partial charge in [-0.3, -0.25) is 33.8 Å². The standard InChI is InChI=1S/C41H45N7O7/c42-26-35(49)46(12-13-48-39(51)32-7-2-5-28-23-30(45-16-20-55-21-17-45)25-34(37(28)32)41(48)53)10-3-8-43-9-11-47-38(50)31-6-1-4-27-22-29(44-14-18-54-19-15-44)24-33(36(27)31)40(47)52/h1-2,4-7,22-25,43H,3,8-21,26,42H2. The Kier molecular flexibility index (Phi) is 10.5. The van der Waals surface area contributed by atoms with Crippen molar-refractivity contribution in [3.63, 3.8) is 0 Å². The Hall–Kier alpha value is -5.41. The van der Waals surface area contributed by atoms with Crippen LogP contribution in [0, 0.1) is 0 Å². The number of anilines is 2. The molecule has 55 heavy (non-hydrogen) atoms. The summed E-state index contributed by atoms with van der Waals surface area (Å²) >= 11 is 0. The van der Waals surface area contributed by atoms with Crippen LogP contribution in [0.2, 0.25) is 0 Å². The van der Waals surface area contributed by atoms with Crippen LogP contribution in [0.25, 0.3) is 21.5 Å². The summed E-state index contributed by atoms with van der Waals surface area (Å²) in [5, 5.41) is 6.34. The molecule has 2 fully saturated rings. The molecule has 14 nitrogen and oxygen atoms in total. The van der Waals surface area contributed by atoms with E-state index in [1.165, 1.54) is 9.80 Å². The van der Waals surface area contributed by atoms with Crippen molar-refractivity contribution in [2.75, 3.05) is 108 Å². The first-order valence-corrected chi connectivity index (χ1v) is 19.0. The minimum Gasteiger partial charge on any atom is -0.378 e. The molecule has 0 aliphatic carbocycles. The van der Waals surface area contributed by atoms with Crippen LogP contribution in [0.3, 0.4) is 0 Å². The first kappa shape index (κ1) is 36.6. The maximum absolute atomic E-state index is 13.9. The van der Waals surface area contributed by atoms with E-state index < -0.39 is 0 Å². The Morgan fingerprint density at radius 3 is 1.64 bits per heavy atom. The second-order valence-corrected chi connectivity index (χ2v) is 14.2. The Morgan fingerprint density at radius 2 is 1.13 bits per heavy atom. The number of carbonyl (C=O) groups excluding carboxylic acids is 5. The molecule has 4 aliphatic rings. The quantitative estimate of drug-likeness (QED) is 0.153. The van der Waals surface area contributed by atoms with Crippen LogP contribution in [-0.4, -0.2) is 143 Å². The number of nitrogens with one attached hydrogen (secondary N) is 1. The zero-order valence-electron chi connectivity index (χ0n) is 30.8. The Labute approximate surface area is 318 Å². The lowest BCUT2D eigenvalue weighted by molar-refractivity contribution is -0.129. The molecule has 3 N–H and O–H groups in total. The van der Waals surface area contributed by atoms with Crippen LogP contribution in [-0.2, 0) is 14.3 Å². The lowest BCUT2D eigenvalue weighted by Gasteiger charge is -2.32. The molecule has 5 amide bonds. The van der Waals surface area contributed by atoms with E-state index in [0.717, 1.165) is 35.2 Å². The van der Waals surface area contributed by atoms with Crippen LogP contribution in [0.4, 0.5) is 11.4 Å². The minimum atomic E-state index is -0.387. The van der Waals surface area contributed by atoms with Crippen LogP contribution in [0.15, 0.2) is 60.7 Å². The predicted octanol–water partition coefficient (Wildman–Crippen LogP) is 2.33. The van der Waals surface area contributed by atoms with E-state index in [9.17, 15) is 24.0 Å². The predicted molar refractivity (Wildman–Crippen MR) is 208 cm³/mol. The van der Waals surface area contributed by atoms with Crippen molar-refractivity contribution in [2.24, 2.45) is 5.73 Å². The molecule has 0 unspecified atom stereocenters. The number of amides is 5. The number of carbonyl (C=O) groups is 5. The van der Waals surface area contributed by atoms with Crippen molar-refractivity contribution in [3.05, 3.63) is 82.9 Å². The normalized spacial score (nSPS) is 17.2. The third kappa shape index (κ3) is 7.02. The summed E-state index contributed by atoms with van der Waals surface area (Å²) in [6, 6.07) is 18.8. The van der Waals surface area contributed by atoms with Gasteiger partial charge in [-0.15, -0.1) is 0 Å². The number of benzene rings is 4. The zero-order valence-corrected chi connectivity index (χ0v) is 30.8. The van der Waals surface area contributed by atoms with Gasteiger partial charge in [-0.25, -0.2) is 0 Å². The second-order valence-electron chi connectivity index (χ2n) is 14.2. The Balaban J connectivity index is 0.875. The molecule has 4 aliphatic heterocycles. The van der Waals surface area contributed by atoms with E-state index in [0.29, 0.717) is 98.6 Å². The van der Waals surface area contributed by atoms with E-state index in [-0.39, 0.29) is 55.7 Å². The summed E-state index contributed by atoms with van der Waals surface area (Å²) in [7, 11) is 0. The fraction of sp³-hybridized carbons (Fsp3) is 0.390. The minimum absolute atomic E-state index is 0.0229. The molecule has 0 atom stereocenters. The van der Waals surface area contributed by atoms with Crippen molar-refractivity contribution in [1.82, 2.24) is 20.0 Å². The van der Waals surface area contributed by atoms with Crippen molar-refractivity contribution < 1.29 is 33.4 Å². The van der Waals surface area contributed by atoms with Gasteiger partial charge in [0.25, 0.3) is 23.6 Å². The molecule has 14 heteroatoms. The van der Waals surface area contributed by atoms with Gasteiger partial charge in [0.05, 0.1) is 44.1 Å². The van der Waals surface area contributed by atoms with E-state index in [1.807, 2.05) is 48.5 Å². The summed E-state index contributed by atoms with van der Waals surface area (Å²) in [5.74, 6) is -1.70. The van der Waals surface area contributed by atoms with Crippen LogP contribution in [0.5, 0.6) is 0 Å². The highest BCUT2D eigenvalue weighted by Crippen LogP contribution is 2.36. The first-order valence-electron chi connectivity index (χ1n) is 19.0. The lowest BCUT2D eigenvalue weighted by atomic mass is 9.93. The number of nitrogens with zero attached hydrogens (tertiary/aromatic N) is 5. The number of morpholine rings is 2. The van der Waals surface area contributed by atoms with E-state index in [4.69, 9.17) is 15.2 Å². The fourth-order valence-corrected chi connectivity index (χ4v) is 8.12. The van der Waals surface area contributed by atoms with Gasteiger partial charge in [0.1, 0.15) is 0 Å². The van der Waals surface area contributed by atoms with Crippen LogP contribution >= 0.6 is 0 Å². The molecule has 0 aromatic heterocycles. The molecule has 286 valence electrons. The van der Waals surface area contributed by atoms with Crippen molar-refractivity contribution >= 4 is 62.5 Å². The molecule has 4 aromatic carbocycles. The summed E-state index contributed by atoms with van der Waals surface area (Å²) in [5.41, 5.74) is 9.58. The molecule has 4 heterocycles. The molecule has 0 spiro atoms. The molecule has 0 saturated carbocycles.